The van der Waals surface area contributed by atoms with Gasteiger partial charge in [0, 0.05) is 19.7 Å². The molecule has 148 valence electrons. The number of amides is 3. The quantitative estimate of drug-likeness (QED) is 0.401. The zero-order valence-electron chi connectivity index (χ0n) is 15.5. The summed E-state index contributed by atoms with van der Waals surface area (Å²) in [5.74, 6) is -1.42. The molecule has 3 amide bonds. The number of rotatable bonds is 8. The van der Waals surface area contributed by atoms with Crippen LogP contribution in [0.1, 0.15) is 22.3 Å². The van der Waals surface area contributed by atoms with Crippen molar-refractivity contribution in [1.29, 1.82) is 0 Å². The van der Waals surface area contributed by atoms with Crippen molar-refractivity contribution in [3.8, 4) is 5.75 Å². The largest absolute Gasteiger partial charge is 0.497 e. The smallest absolute Gasteiger partial charge is 0.313 e. The number of benzene rings is 2. The van der Waals surface area contributed by atoms with Gasteiger partial charge in [0.15, 0.2) is 0 Å². The predicted molar refractivity (Wildman–Crippen MR) is 104 cm³/mol. The molecule has 0 aliphatic rings. The van der Waals surface area contributed by atoms with Crippen LogP contribution < -0.4 is 20.7 Å². The Kier molecular flexibility index (Phi) is 7.98. The maximum atomic E-state index is 12.5. The molecule has 0 saturated carbocycles. The van der Waals surface area contributed by atoms with Crippen molar-refractivity contribution in [2.75, 3.05) is 25.6 Å². The molecule has 0 aliphatic heterocycles. The van der Waals surface area contributed by atoms with Crippen LogP contribution in [-0.4, -0.2) is 43.1 Å². The lowest BCUT2D eigenvalue weighted by Crippen LogP contribution is -2.36. The predicted octanol–water partition coefficient (Wildman–Crippen LogP) is 1.06. The summed E-state index contributed by atoms with van der Waals surface area (Å²) < 4.78 is 5.15. The van der Waals surface area contributed by atoms with Gasteiger partial charge >= 0.3 is 11.8 Å². The molecule has 0 radical (unpaired) electrons. The molecule has 0 heterocycles. The summed E-state index contributed by atoms with van der Waals surface area (Å²) in [7, 11) is 1.57. The first-order chi connectivity index (χ1) is 13.5. The van der Waals surface area contributed by atoms with E-state index in [9.17, 15) is 14.4 Å². The molecular weight excluding hydrogens is 362 g/mol. The Hall–Kier alpha value is -3.39. The summed E-state index contributed by atoms with van der Waals surface area (Å²) in [4.78, 5) is 36.3. The minimum Gasteiger partial charge on any atom is -0.497 e. The van der Waals surface area contributed by atoms with E-state index in [1.54, 1.807) is 31.4 Å². The Bertz CT molecular complexity index is 838. The van der Waals surface area contributed by atoms with E-state index in [-0.39, 0.29) is 36.9 Å². The van der Waals surface area contributed by atoms with Crippen molar-refractivity contribution in [3.63, 3.8) is 0 Å². The Balaban J connectivity index is 2.00. The number of carbonyl (C=O) groups excluding carboxylic acids is 3. The molecule has 0 aromatic heterocycles. The van der Waals surface area contributed by atoms with Crippen molar-refractivity contribution in [3.05, 3.63) is 59.7 Å². The molecular formula is C20H23N3O5. The van der Waals surface area contributed by atoms with E-state index in [4.69, 9.17) is 9.84 Å². The average molecular weight is 385 g/mol. The second kappa shape index (κ2) is 10.7. The number of hydrogen-bond acceptors (Lipinski definition) is 5. The third-order valence-electron chi connectivity index (χ3n) is 3.83. The van der Waals surface area contributed by atoms with Crippen LogP contribution in [0, 0.1) is 0 Å². The molecule has 0 atom stereocenters. The molecule has 2 aromatic rings. The van der Waals surface area contributed by atoms with E-state index in [0.29, 0.717) is 12.2 Å². The van der Waals surface area contributed by atoms with Crippen molar-refractivity contribution >= 4 is 23.4 Å². The lowest BCUT2D eigenvalue weighted by Gasteiger charge is -2.12. The van der Waals surface area contributed by atoms with Crippen LogP contribution in [0.3, 0.4) is 0 Å². The highest BCUT2D eigenvalue weighted by molar-refractivity contribution is 6.40. The van der Waals surface area contributed by atoms with E-state index in [1.807, 2.05) is 24.3 Å². The van der Waals surface area contributed by atoms with E-state index < -0.39 is 11.8 Å². The van der Waals surface area contributed by atoms with Crippen molar-refractivity contribution in [2.45, 2.75) is 13.0 Å². The molecule has 2 rings (SSSR count). The zero-order valence-corrected chi connectivity index (χ0v) is 15.5. The van der Waals surface area contributed by atoms with Crippen LogP contribution in [0.5, 0.6) is 5.75 Å². The number of nitrogens with one attached hydrogen (secondary N) is 3. The van der Waals surface area contributed by atoms with Gasteiger partial charge in [-0.3, -0.25) is 14.4 Å². The third kappa shape index (κ3) is 6.10. The highest BCUT2D eigenvalue weighted by atomic mass is 16.5. The minimum absolute atomic E-state index is 0.0851. The third-order valence-corrected chi connectivity index (χ3v) is 3.83. The molecule has 2 aromatic carbocycles. The summed E-state index contributed by atoms with van der Waals surface area (Å²) in [5, 5.41) is 16.3. The van der Waals surface area contributed by atoms with Gasteiger partial charge in [0.05, 0.1) is 18.4 Å². The topological polar surface area (TPSA) is 117 Å². The molecule has 0 fully saturated rings. The second-order valence-electron chi connectivity index (χ2n) is 5.87. The number of aliphatic hydroxyl groups excluding tert-OH is 1. The van der Waals surface area contributed by atoms with Crippen molar-refractivity contribution in [1.82, 2.24) is 10.6 Å². The van der Waals surface area contributed by atoms with Gasteiger partial charge in [0.2, 0.25) is 0 Å². The Labute approximate surface area is 162 Å². The first kappa shape index (κ1) is 20.9. The highest BCUT2D eigenvalue weighted by Gasteiger charge is 2.17. The molecule has 8 nitrogen and oxygen atoms in total. The summed E-state index contributed by atoms with van der Waals surface area (Å²) >= 11 is 0. The molecule has 28 heavy (non-hydrogen) atoms. The number of aliphatic hydroxyl groups is 1. The van der Waals surface area contributed by atoms with Crippen LogP contribution in [0.25, 0.3) is 0 Å². The maximum absolute atomic E-state index is 12.5. The van der Waals surface area contributed by atoms with Gasteiger partial charge in [-0.25, -0.2) is 0 Å². The van der Waals surface area contributed by atoms with E-state index in [0.717, 1.165) is 5.56 Å². The Morgan fingerprint density at radius 2 is 1.79 bits per heavy atom. The second-order valence-corrected chi connectivity index (χ2v) is 5.87. The number of para-hydroxylation sites is 1. The monoisotopic (exact) mass is 385 g/mol. The lowest BCUT2D eigenvalue weighted by molar-refractivity contribution is -0.136. The van der Waals surface area contributed by atoms with Gasteiger partial charge in [0.1, 0.15) is 5.75 Å². The fraction of sp³-hybridized carbons (Fsp3) is 0.250. The summed E-state index contributed by atoms with van der Waals surface area (Å²) in [6, 6.07) is 13.7. The summed E-state index contributed by atoms with van der Waals surface area (Å²) in [6.07, 6.45) is 0.349. The number of carbonyl (C=O) groups is 3. The van der Waals surface area contributed by atoms with Gasteiger partial charge in [0.25, 0.3) is 5.91 Å². The summed E-state index contributed by atoms with van der Waals surface area (Å²) in [5.41, 5.74) is 1.33. The van der Waals surface area contributed by atoms with E-state index >= 15 is 0 Å². The average Bonchev–Trinajstić information content (AvgIpc) is 2.72. The Morgan fingerprint density at radius 3 is 2.54 bits per heavy atom. The molecule has 0 bridgehead atoms. The van der Waals surface area contributed by atoms with Crippen molar-refractivity contribution in [2.24, 2.45) is 0 Å². The zero-order chi connectivity index (χ0) is 20.4. The fourth-order valence-electron chi connectivity index (χ4n) is 2.39. The fourth-order valence-corrected chi connectivity index (χ4v) is 2.39. The molecule has 4 N–H and O–H groups in total. The van der Waals surface area contributed by atoms with Gasteiger partial charge in [-0.1, -0.05) is 24.3 Å². The Morgan fingerprint density at radius 1 is 1.00 bits per heavy atom. The molecule has 0 spiro atoms. The molecule has 0 aliphatic carbocycles. The van der Waals surface area contributed by atoms with Crippen LogP contribution in [-0.2, 0) is 16.1 Å². The number of hydrogen-bond donors (Lipinski definition) is 4. The van der Waals surface area contributed by atoms with Crippen LogP contribution in [0.2, 0.25) is 0 Å². The number of ether oxygens (including phenoxy) is 1. The first-order valence-corrected chi connectivity index (χ1v) is 8.75. The van der Waals surface area contributed by atoms with Crippen LogP contribution >= 0.6 is 0 Å². The normalized spacial score (nSPS) is 10.1. The van der Waals surface area contributed by atoms with E-state index in [2.05, 4.69) is 16.0 Å². The van der Waals surface area contributed by atoms with Gasteiger partial charge in [-0.05, 0) is 36.2 Å². The maximum Gasteiger partial charge on any atom is 0.313 e. The number of anilines is 1. The number of methoxy groups -OCH3 is 1. The van der Waals surface area contributed by atoms with Crippen molar-refractivity contribution < 1.29 is 24.2 Å². The molecule has 8 heteroatoms. The van der Waals surface area contributed by atoms with E-state index in [1.165, 1.54) is 0 Å². The standard InChI is InChI=1S/C20H23N3O5/c1-28-15-7-4-6-14(12-15)13-22-18(25)16-8-2-3-9-17(16)23-20(27)19(26)21-10-5-11-24/h2-4,6-9,12,24H,5,10-11,13H2,1H3,(H,21,26)(H,22,25)(H,23,27). The SMILES string of the molecule is COc1cccc(CNC(=O)c2ccccc2NC(=O)C(=O)NCCCO)c1. The van der Waals surface area contributed by atoms with Gasteiger partial charge in [-0.2, -0.15) is 0 Å². The molecule has 0 unspecified atom stereocenters. The minimum atomic E-state index is -0.883. The summed E-state index contributed by atoms with van der Waals surface area (Å²) in [6.45, 7) is 0.379. The van der Waals surface area contributed by atoms with Gasteiger partial charge in [-0.15, -0.1) is 0 Å². The highest BCUT2D eigenvalue weighted by Crippen LogP contribution is 2.16. The molecule has 0 saturated heterocycles. The first-order valence-electron chi connectivity index (χ1n) is 8.75. The van der Waals surface area contributed by atoms with Crippen LogP contribution in [0.15, 0.2) is 48.5 Å². The van der Waals surface area contributed by atoms with Gasteiger partial charge < -0.3 is 25.8 Å². The lowest BCUT2D eigenvalue weighted by atomic mass is 10.1. The van der Waals surface area contributed by atoms with Crippen LogP contribution in [0.4, 0.5) is 5.69 Å².